The van der Waals surface area contributed by atoms with E-state index in [4.69, 9.17) is 5.73 Å². The summed E-state index contributed by atoms with van der Waals surface area (Å²) in [4.78, 5) is 32.2. The number of nitro benzene ring substituents is 2. The van der Waals surface area contributed by atoms with Gasteiger partial charge >= 0.3 is 5.69 Å². The monoisotopic (exact) mass is 527 g/mol. The van der Waals surface area contributed by atoms with Crippen molar-refractivity contribution in [2.75, 3.05) is 14.1 Å². The summed E-state index contributed by atoms with van der Waals surface area (Å²) in [7, 11) is 3.58. The highest BCUT2D eigenvalue weighted by Crippen LogP contribution is 2.37. The lowest BCUT2D eigenvalue weighted by Crippen LogP contribution is -2.46. The van der Waals surface area contributed by atoms with Gasteiger partial charge in [0.05, 0.1) is 15.9 Å². The molecule has 0 fully saturated rings. The van der Waals surface area contributed by atoms with Gasteiger partial charge in [-0.05, 0) is 12.1 Å². The van der Waals surface area contributed by atoms with E-state index in [1.54, 1.807) is 25.2 Å². The fraction of sp³-hybridized carbons (Fsp3) is 0.150. The largest absolute Gasteiger partial charge is 0.370 e. The number of non-ortho nitro benzene ring substituents is 1. The lowest BCUT2D eigenvalue weighted by atomic mass is 10.1. The van der Waals surface area contributed by atoms with Gasteiger partial charge in [-0.2, -0.15) is 5.10 Å². The second kappa shape index (κ2) is 8.90. The molecule has 0 spiro atoms. The number of guanidine groups is 2. The van der Waals surface area contributed by atoms with Crippen molar-refractivity contribution in [1.29, 1.82) is 0 Å². The van der Waals surface area contributed by atoms with E-state index in [1.165, 1.54) is 16.8 Å². The van der Waals surface area contributed by atoms with Crippen LogP contribution in [0.4, 0.5) is 11.4 Å². The van der Waals surface area contributed by atoms with E-state index in [2.05, 4.69) is 36.3 Å². The van der Waals surface area contributed by atoms with Gasteiger partial charge in [0.1, 0.15) is 11.4 Å². The van der Waals surface area contributed by atoms with E-state index in [-0.39, 0.29) is 11.6 Å². The molecule has 1 aliphatic rings. The van der Waals surface area contributed by atoms with Crippen LogP contribution in [0.3, 0.4) is 0 Å². The normalized spacial score (nSPS) is 15.2. The third kappa shape index (κ3) is 4.30. The highest BCUT2D eigenvalue weighted by atomic mass is 79.9. The number of nitrogens with one attached hydrogen (secondary N) is 1. The molecule has 1 atom stereocenters. The Kier molecular flexibility index (Phi) is 5.98. The highest BCUT2D eigenvalue weighted by molar-refractivity contribution is 9.10. The predicted molar refractivity (Wildman–Crippen MR) is 129 cm³/mol. The average Bonchev–Trinajstić information content (AvgIpc) is 3.23. The first-order chi connectivity index (χ1) is 16.2. The Labute approximate surface area is 201 Å². The molecule has 4 rings (SSSR count). The molecule has 13 nitrogen and oxygen atoms in total. The summed E-state index contributed by atoms with van der Waals surface area (Å²) in [5.74, 6) is 0.625. The average molecular weight is 528 g/mol. The second-order valence-corrected chi connectivity index (χ2v) is 8.26. The zero-order valence-corrected chi connectivity index (χ0v) is 19.5. The van der Waals surface area contributed by atoms with E-state index < -0.39 is 27.4 Å². The Morgan fingerprint density at radius 3 is 2.50 bits per heavy atom. The Morgan fingerprint density at radius 2 is 1.85 bits per heavy atom. The van der Waals surface area contributed by atoms with Crippen molar-refractivity contribution in [2.24, 2.45) is 15.7 Å². The topological polar surface area (TPSA) is 170 Å². The van der Waals surface area contributed by atoms with Crippen molar-refractivity contribution in [2.45, 2.75) is 6.17 Å². The number of halogens is 1. The molecule has 1 unspecified atom stereocenters. The molecule has 0 saturated carbocycles. The number of nitro groups is 2. The minimum Gasteiger partial charge on any atom is -0.370 e. The number of aromatic nitrogens is 2. The first-order valence-electron chi connectivity index (χ1n) is 9.78. The van der Waals surface area contributed by atoms with Gasteiger partial charge in [0.2, 0.25) is 5.96 Å². The van der Waals surface area contributed by atoms with Crippen LogP contribution in [-0.4, -0.2) is 50.5 Å². The van der Waals surface area contributed by atoms with Crippen LogP contribution in [0.1, 0.15) is 11.7 Å². The van der Waals surface area contributed by atoms with Crippen molar-refractivity contribution in [3.05, 3.63) is 78.9 Å². The molecule has 3 N–H and O–H groups in total. The number of hydrogen-bond donors (Lipinski definition) is 2. The number of benzene rings is 2. The number of nitrogens with two attached hydrogens (primary N) is 1. The molecule has 2 heterocycles. The lowest BCUT2D eigenvalue weighted by molar-refractivity contribution is -0.394. The van der Waals surface area contributed by atoms with Gasteiger partial charge in [-0.25, -0.2) is 14.7 Å². The van der Waals surface area contributed by atoms with Gasteiger partial charge in [-0.15, -0.1) is 0 Å². The number of hydrogen-bond acceptors (Lipinski definition) is 10. The van der Waals surface area contributed by atoms with Crippen LogP contribution in [0.15, 0.2) is 63.1 Å². The van der Waals surface area contributed by atoms with Crippen molar-refractivity contribution in [3.8, 4) is 16.9 Å². The number of rotatable bonds is 5. The van der Waals surface area contributed by atoms with Crippen LogP contribution in [0.5, 0.6) is 0 Å². The van der Waals surface area contributed by atoms with Crippen LogP contribution in [0, 0.1) is 20.2 Å². The third-order valence-corrected chi connectivity index (χ3v) is 5.62. The summed E-state index contributed by atoms with van der Waals surface area (Å²) in [5.41, 5.74) is 6.87. The SMILES string of the molecule is CN(C)C1=NC(c2cn(-c3ccc([N+](=O)[O-])cc3[N+](=O)[O-])nc2-c2ccccc2Br)N=C(N)N1. The van der Waals surface area contributed by atoms with Gasteiger partial charge in [0.15, 0.2) is 12.1 Å². The standard InChI is InChI=1S/C20H18BrN9O4/c1-27(2)20-24-18(23-19(22)25-20)13-10-28(26-17(13)12-5-3-4-6-14(12)21)15-8-7-11(29(31)32)9-16(15)30(33)34/h3-10,18H,1-2H3,(H3,22,23,24,25). The van der Waals surface area contributed by atoms with Gasteiger partial charge in [0, 0.05) is 42.0 Å². The fourth-order valence-electron chi connectivity index (χ4n) is 3.35. The first-order valence-corrected chi connectivity index (χ1v) is 10.6. The van der Waals surface area contributed by atoms with Gasteiger partial charge in [-0.3, -0.25) is 25.5 Å². The summed E-state index contributed by atoms with van der Waals surface area (Å²) >= 11 is 3.52. The molecule has 34 heavy (non-hydrogen) atoms. The van der Waals surface area contributed by atoms with Crippen LogP contribution >= 0.6 is 15.9 Å². The van der Waals surface area contributed by atoms with E-state index >= 15 is 0 Å². The lowest BCUT2D eigenvalue weighted by Gasteiger charge is -2.23. The molecule has 174 valence electrons. The van der Waals surface area contributed by atoms with Crippen LogP contribution in [0.2, 0.25) is 0 Å². The first kappa shape index (κ1) is 22.8. The number of aliphatic imine (C=N–C) groups is 2. The molecule has 14 heteroatoms. The summed E-state index contributed by atoms with van der Waals surface area (Å²) in [6, 6.07) is 10.7. The van der Waals surface area contributed by atoms with Crippen LogP contribution in [0.25, 0.3) is 16.9 Å². The molecule has 0 radical (unpaired) electrons. The summed E-state index contributed by atoms with van der Waals surface area (Å²) in [6.07, 6.45) is 0.776. The van der Waals surface area contributed by atoms with E-state index in [0.717, 1.165) is 10.5 Å². The minimum atomic E-state index is -0.786. The maximum Gasteiger partial charge on any atom is 0.301 e. The molecular weight excluding hydrogens is 510 g/mol. The van der Waals surface area contributed by atoms with Crippen molar-refractivity contribution in [3.63, 3.8) is 0 Å². The summed E-state index contributed by atoms with van der Waals surface area (Å²) in [6.45, 7) is 0. The summed E-state index contributed by atoms with van der Waals surface area (Å²) < 4.78 is 2.03. The Balaban J connectivity index is 1.95. The van der Waals surface area contributed by atoms with Gasteiger partial charge < -0.3 is 10.6 Å². The van der Waals surface area contributed by atoms with Crippen molar-refractivity contribution in [1.82, 2.24) is 20.0 Å². The predicted octanol–water partition coefficient (Wildman–Crippen LogP) is 2.95. The Bertz CT molecular complexity index is 1370. The third-order valence-electron chi connectivity index (χ3n) is 4.93. The zero-order valence-electron chi connectivity index (χ0n) is 17.9. The van der Waals surface area contributed by atoms with Crippen LogP contribution < -0.4 is 11.1 Å². The van der Waals surface area contributed by atoms with E-state index in [9.17, 15) is 20.2 Å². The Hall–Kier alpha value is -4.33. The molecule has 0 amide bonds. The molecule has 1 aliphatic heterocycles. The molecular formula is C20H18BrN9O4. The maximum atomic E-state index is 11.7. The van der Waals surface area contributed by atoms with Gasteiger partial charge in [0.25, 0.3) is 5.69 Å². The quantitative estimate of drug-likeness (QED) is 0.376. The molecule has 1 aromatic heterocycles. The molecule has 3 aromatic rings. The minimum absolute atomic E-state index is 0.0536. The molecule has 0 saturated heterocycles. The second-order valence-electron chi connectivity index (χ2n) is 7.40. The van der Waals surface area contributed by atoms with E-state index in [1.807, 2.05) is 24.3 Å². The van der Waals surface area contributed by atoms with Crippen LogP contribution in [-0.2, 0) is 0 Å². The molecule has 0 aliphatic carbocycles. The van der Waals surface area contributed by atoms with Crippen molar-refractivity contribution < 1.29 is 9.85 Å². The zero-order chi connectivity index (χ0) is 24.6. The van der Waals surface area contributed by atoms with E-state index in [0.29, 0.717) is 22.8 Å². The Morgan fingerprint density at radius 1 is 1.12 bits per heavy atom. The van der Waals surface area contributed by atoms with Gasteiger partial charge in [-0.1, -0.05) is 34.1 Å². The smallest absolute Gasteiger partial charge is 0.301 e. The molecule has 2 aromatic carbocycles. The van der Waals surface area contributed by atoms with Crippen molar-refractivity contribution >= 4 is 39.2 Å². The fourth-order valence-corrected chi connectivity index (χ4v) is 3.82. The maximum absolute atomic E-state index is 11.7. The number of nitrogens with zero attached hydrogens (tertiary/aromatic N) is 7. The molecule has 0 bridgehead atoms. The summed E-state index contributed by atoms with van der Waals surface area (Å²) in [5, 5.41) is 30.3. The highest BCUT2D eigenvalue weighted by Gasteiger charge is 2.28.